The first-order chi connectivity index (χ1) is 15.1. The van der Waals surface area contributed by atoms with Crippen LogP contribution in [0.3, 0.4) is 0 Å². The second kappa shape index (κ2) is 8.43. The highest BCUT2D eigenvalue weighted by Crippen LogP contribution is 2.39. The normalized spacial score (nSPS) is 21.6. The molecule has 3 heterocycles. The Balaban J connectivity index is 1.55. The topological polar surface area (TPSA) is 87.8 Å². The molecule has 1 aromatic heterocycles. The molecule has 0 radical (unpaired) electrons. The minimum atomic E-state index is -0.853. The Morgan fingerprint density at radius 3 is 2.68 bits per heavy atom. The van der Waals surface area contributed by atoms with Crippen molar-refractivity contribution in [2.45, 2.75) is 42.1 Å². The van der Waals surface area contributed by atoms with Crippen molar-refractivity contribution in [3.05, 3.63) is 42.6 Å². The van der Waals surface area contributed by atoms with E-state index in [-0.39, 0.29) is 17.2 Å². The maximum Gasteiger partial charge on any atom is 0.407 e. The van der Waals surface area contributed by atoms with Crippen LogP contribution < -0.4 is 0 Å². The second-order valence-electron chi connectivity index (χ2n) is 8.12. The highest BCUT2D eigenvalue weighted by molar-refractivity contribution is 8.00. The Hall–Kier alpha value is -2.71. The lowest BCUT2D eigenvalue weighted by atomic mass is 10.0. The zero-order valence-electron chi connectivity index (χ0n) is 17.1. The largest absolute Gasteiger partial charge is 0.508 e. The van der Waals surface area contributed by atoms with Crippen molar-refractivity contribution in [3.8, 4) is 16.9 Å². The third-order valence-corrected chi connectivity index (χ3v) is 7.33. The number of thioether (sulfide) groups is 1. The molecule has 2 saturated heterocycles. The third-order valence-electron chi connectivity index (χ3n) is 6.02. The van der Waals surface area contributed by atoms with Crippen molar-refractivity contribution >= 4 is 28.8 Å². The standard InChI is InChI=1S/C23H25N3O4S/c27-17-6-4-15(5-7-17)16-11-20-19(13-24-26(20)22-3-1-2-10-30-22)21(12-16)31-18-8-9-25(14-18)23(28)29/h4-7,11-13,18,22,27H,1-3,8-10,14H2,(H,28,29)/t18-,22?/m0/s1. The number of nitrogens with zero attached hydrogens (tertiary/aromatic N) is 3. The molecule has 0 spiro atoms. The molecular formula is C23H25N3O4S. The number of carbonyl (C=O) groups is 1. The lowest BCUT2D eigenvalue weighted by Crippen LogP contribution is -2.26. The molecular weight excluding hydrogens is 414 g/mol. The molecule has 3 aromatic rings. The summed E-state index contributed by atoms with van der Waals surface area (Å²) in [5.74, 6) is 0.236. The Bertz CT molecular complexity index is 1090. The van der Waals surface area contributed by atoms with E-state index in [2.05, 4.69) is 17.2 Å². The number of aromatic nitrogens is 2. The van der Waals surface area contributed by atoms with Gasteiger partial charge >= 0.3 is 6.09 Å². The number of rotatable bonds is 4. The van der Waals surface area contributed by atoms with Crippen LogP contribution in [-0.2, 0) is 4.74 Å². The van der Waals surface area contributed by atoms with Crippen molar-refractivity contribution in [1.82, 2.24) is 14.7 Å². The van der Waals surface area contributed by atoms with Crippen LogP contribution in [0, 0.1) is 0 Å². The molecule has 1 unspecified atom stereocenters. The molecule has 2 fully saturated rings. The quantitative estimate of drug-likeness (QED) is 0.598. The molecule has 31 heavy (non-hydrogen) atoms. The highest BCUT2D eigenvalue weighted by atomic mass is 32.2. The number of hydrogen-bond acceptors (Lipinski definition) is 5. The van der Waals surface area contributed by atoms with Gasteiger partial charge in [-0.1, -0.05) is 12.1 Å². The lowest BCUT2D eigenvalue weighted by molar-refractivity contribution is -0.0366. The fourth-order valence-corrected chi connectivity index (χ4v) is 5.67. The van der Waals surface area contributed by atoms with E-state index in [0.29, 0.717) is 13.1 Å². The summed E-state index contributed by atoms with van der Waals surface area (Å²) in [7, 11) is 0. The van der Waals surface area contributed by atoms with Crippen LogP contribution in [-0.4, -0.2) is 55.9 Å². The predicted molar refractivity (Wildman–Crippen MR) is 120 cm³/mol. The smallest absolute Gasteiger partial charge is 0.407 e. The summed E-state index contributed by atoms with van der Waals surface area (Å²) < 4.78 is 7.98. The zero-order valence-corrected chi connectivity index (χ0v) is 17.9. The molecule has 7 nitrogen and oxygen atoms in total. The van der Waals surface area contributed by atoms with Gasteiger partial charge in [0.1, 0.15) is 5.75 Å². The maximum atomic E-state index is 11.3. The van der Waals surface area contributed by atoms with E-state index in [0.717, 1.165) is 59.2 Å². The Morgan fingerprint density at radius 1 is 1.13 bits per heavy atom. The van der Waals surface area contributed by atoms with Crippen molar-refractivity contribution in [2.24, 2.45) is 0 Å². The number of hydrogen-bond donors (Lipinski definition) is 2. The van der Waals surface area contributed by atoms with Gasteiger partial charge in [-0.2, -0.15) is 5.10 Å². The fraction of sp³-hybridized carbons (Fsp3) is 0.391. The minimum Gasteiger partial charge on any atom is -0.508 e. The van der Waals surface area contributed by atoms with E-state index in [1.807, 2.05) is 23.0 Å². The number of likely N-dealkylation sites (tertiary alicyclic amines) is 1. The van der Waals surface area contributed by atoms with Crippen LogP contribution in [0.1, 0.15) is 31.9 Å². The Kier molecular flexibility index (Phi) is 5.50. The molecule has 2 aromatic carbocycles. The average molecular weight is 440 g/mol. The van der Waals surface area contributed by atoms with E-state index in [1.54, 1.807) is 23.9 Å². The summed E-state index contributed by atoms with van der Waals surface area (Å²) in [6.07, 6.45) is 4.97. The van der Waals surface area contributed by atoms with E-state index < -0.39 is 6.09 Å². The van der Waals surface area contributed by atoms with Gasteiger partial charge in [-0.3, -0.25) is 0 Å². The van der Waals surface area contributed by atoms with Crippen LogP contribution in [0.25, 0.3) is 22.0 Å². The van der Waals surface area contributed by atoms with Gasteiger partial charge in [0.25, 0.3) is 0 Å². The first kappa shape index (κ1) is 20.2. The van der Waals surface area contributed by atoms with E-state index in [1.165, 1.54) is 4.90 Å². The zero-order chi connectivity index (χ0) is 21.4. The van der Waals surface area contributed by atoms with Crippen molar-refractivity contribution in [2.75, 3.05) is 19.7 Å². The average Bonchev–Trinajstić information content (AvgIpc) is 3.42. The molecule has 1 amide bonds. The summed E-state index contributed by atoms with van der Waals surface area (Å²) in [4.78, 5) is 13.9. The van der Waals surface area contributed by atoms with Gasteiger partial charge < -0.3 is 19.8 Å². The van der Waals surface area contributed by atoms with Gasteiger partial charge in [0.05, 0.1) is 11.7 Å². The molecule has 2 aliphatic heterocycles. The number of carboxylic acid groups (broad SMARTS) is 1. The van der Waals surface area contributed by atoms with E-state index in [9.17, 15) is 15.0 Å². The number of aromatic hydroxyl groups is 1. The molecule has 2 N–H and O–H groups in total. The van der Waals surface area contributed by atoms with Gasteiger partial charge in [-0.05, 0) is 61.1 Å². The summed E-state index contributed by atoms with van der Waals surface area (Å²) >= 11 is 1.73. The van der Waals surface area contributed by atoms with E-state index >= 15 is 0 Å². The van der Waals surface area contributed by atoms with Crippen LogP contribution in [0.5, 0.6) is 5.75 Å². The molecule has 162 valence electrons. The molecule has 2 atom stereocenters. The molecule has 0 bridgehead atoms. The SMILES string of the molecule is O=C(O)N1CC[C@H](Sc2cc(-c3ccc(O)cc3)cc3c2cnn3C2CCCCO2)C1. The first-order valence-corrected chi connectivity index (χ1v) is 11.5. The Morgan fingerprint density at radius 2 is 1.97 bits per heavy atom. The van der Waals surface area contributed by atoms with Crippen molar-refractivity contribution in [3.63, 3.8) is 0 Å². The highest BCUT2D eigenvalue weighted by Gasteiger charge is 2.28. The van der Waals surface area contributed by atoms with Crippen LogP contribution in [0.2, 0.25) is 0 Å². The maximum absolute atomic E-state index is 11.3. The lowest BCUT2D eigenvalue weighted by Gasteiger charge is -2.23. The number of ether oxygens (including phenoxy) is 1. The summed E-state index contributed by atoms with van der Waals surface area (Å²) in [6, 6.07) is 11.5. The summed E-state index contributed by atoms with van der Waals surface area (Å²) in [6.45, 7) is 1.85. The first-order valence-electron chi connectivity index (χ1n) is 10.7. The number of fused-ring (bicyclic) bond motifs is 1. The van der Waals surface area contributed by atoms with E-state index in [4.69, 9.17) is 4.74 Å². The molecule has 5 rings (SSSR count). The second-order valence-corrected chi connectivity index (χ2v) is 9.46. The van der Waals surface area contributed by atoms with Gasteiger partial charge in [0.15, 0.2) is 6.23 Å². The minimum absolute atomic E-state index is 0.0619. The third kappa shape index (κ3) is 4.09. The molecule has 8 heteroatoms. The van der Waals surface area contributed by atoms with Crippen LogP contribution in [0.4, 0.5) is 4.79 Å². The Labute approximate surface area is 184 Å². The number of phenols is 1. The van der Waals surface area contributed by atoms with Gasteiger partial charge in [0, 0.05) is 35.2 Å². The number of phenolic OH excluding ortho intramolecular Hbond substituents is 1. The molecule has 2 aliphatic rings. The fourth-order valence-electron chi connectivity index (χ4n) is 4.36. The van der Waals surface area contributed by atoms with Crippen LogP contribution >= 0.6 is 11.8 Å². The monoisotopic (exact) mass is 439 g/mol. The van der Waals surface area contributed by atoms with Crippen molar-refractivity contribution < 1.29 is 19.7 Å². The number of amides is 1. The van der Waals surface area contributed by atoms with Crippen molar-refractivity contribution in [1.29, 1.82) is 0 Å². The predicted octanol–water partition coefficient (Wildman–Crippen LogP) is 4.95. The number of benzene rings is 2. The summed E-state index contributed by atoms with van der Waals surface area (Å²) in [5, 5.41) is 24.9. The van der Waals surface area contributed by atoms with Crippen LogP contribution in [0.15, 0.2) is 47.5 Å². The van der Waals surface area contributed by atoms with Gasteiger partial charge in [0.2, 0.25) is 0 Å². The van der Waals surface area contributed by atoms with Gasteiger partial charge in [-0.25, -0.2) is 9.48 Å². The molecule has 0 saturated carbocycles. The summed E-state index contributed by atoms with van der Waals surface area (Å²) in [5.41, 5.74) is 3.08. The van der Waals surface area contributed by atoms with Gasteiger partial charge in [-0.15, -0.1) is 11.8 Å². The molecule has 0 aliphatic carbocycles.